The standard InChI is InChI=1S/C18H24N4O4S/c1-5-26-16(23)8-14-11-27-18(20-14)21-19-9-12-6-13(10-22(2)3)17(24)15(7-12)25-4/h6-7,9,11,24H,5,8,10H2,1-4H3,(H,20,21). The third-order valence-corrected chi connectivity index (χ3v) is 4.23. The summed E-state index contributed by atoms with van der Waals surface area (Å²) in [5.74, 6) is 0.212. The van der Waals surface area contributed by atoms with Crippen LogP contribution in [0, 0.1) is 0 Å². The Bertz CT molecular complexity index is 805. The summed E-state index contributed by atoms with van der Waals surface area (Å²) in [5, 5.41) is 16.8. The van der Waals surface area contributed by atoms with E-state index in [2.05, 4.69) is 15.5 Å². The van der Waals surface area contributed by atoms with Gasteiger partial charge in [0.25, 0.3) is 0 Å². The molecule has 0 radical (unpaired) electrons. The van der Waals surface area contributed by atoms with Crippen molar-refractivity contribution in [3.8, 4) is 11.5 Å². The van der Waals surface area contributed by atoms with Gasteiger partial charge in [0, 0.05) is 17.5 Å². The van der Waals surface area contributed by atoms with Crippen molar-refractivity contribution in [3.63, 3.8) is 0 Å². The van der Waals surface area contributed by atoms with Crippen LogP contribution in [0.1, 0.15) is 23.7 Å². The first-order valence-corrected chi connectivity index (χ1v) is 9.24. The number of aromatic hydroxyl groups is 1. The van der Waals surface area contributed by atoms with Gasteiger partial charge in [-0.05, 0) is 38.7 Å². The average molecular weight is 392 g/mol. The molecule has 1 heterocycles. The number of carbonyl (C=O) groups excluding carboxylic acids is 1. The molecule has 0 aliphatic carbocycles. The maximum absolute atomic E-state index is 11.5. The topological polar surface area (TPSA) is 96.3 Å². The summed E-state index contributed by atoms with van der Waals surface area (Å²) >= 11 is 1.35. The van der Waals surface area contributed by atoms with Crippen molar-refractivity contribution in [2.24, 2.45) is 5.10 Å². The highest BCUT2D eigenvalue weighted by atomic mass is 32.1. The summed E-state index contributed by atoms with van der Waals surface area (Å²) in [6, 6.07) is 3.55. The largest absolute Gasteiger partial charge is 0.504 e. The van der Waals surface area contributed by atoms with E-state index in [0.29, 0.717) is 29.7 Å². The van der Waals surface area contributed by atoms with E-state index in [9.17, 15) is 9.90 Å². The quantitative estimate of drug-likeness (QED) is 0.384. The number of benzene rings is 1. The van der Waals surface area contributed by atoms with Crippen molar-refractivity contribution in [2.45, 2.75) is 19.9 Å². The number of nitrogens with one attached hydrogen (secondary N) is 1. The zero-order chi connectivity index (χ0) is 19.8. The number of nitrogens with zero attached hydrogens (tertiary/aromatic N) is 3. The van der Waals surface area contributed by atoms with Crippen LogP contribution in [0.4, 0.5) is 5.13 Å². The normalized spacial score (nSPS) is 11.1. The molecular weight excluding hydrogens is 368 g/mol. The smallest absolute Gasteiger partial charge is 0.311 e. The summed E-state index contributed by atoms with van der Waals surface area (Å²) in [6.45, 7) is 2.69. The zero-order valence-corrected chi connectivity index (χ0v) is 16.7. The Hall–Kier alpha value is -2.65. The van der Waals surface area contributed by atoms with Gasteiger partial charge >= 0.3 is 5.97 Å². The van der Waals surface area contributed by atoms with Crippen LogP contribution in [-0.4, -0.2) is 55.0 Å². The molecule has 0 aliphatic heterocycles. The summed E-state index contributed by atoms with van der Waals surface area (Å²) in [4.78, 5) is 17.7. The van der Waals surface area contributed by atoms with Gasteiger partial charge in [-0.3, -0.25) is 10.2 Å². The molecule has 2 rings (SSSR count). The number of phenols is 1. The van der Waals surface area contributed by atoms with Crippen LogP contribution in [0.3, 0.4) is 0 Å². The van der Waals surface area contributed by atoms with Crippen molar-refractivity contribution in [3.05, 3.63) is 34.3 Å². The van der Waals surface area contributed by atoms with Gasteiger partial charge < -0.3 is 19.5 Å². The fourth-order valence-electron chi connectivity index (χ4n) is 2.34. The fourth-order valence-corrected chi connectivity index (χ4v) is 3.00. The molecule has 9 heteroatoms. The van der Waals surface area contributed by atoms with Gasteiger partial charge in [0.1, 0.15) is 0 Å². The Morgan fingerprint density at radius 3 is 2.89 bits per heavy atom. The molecule has 1 aromatic carbocycles. The molecule has 0 fully saturated rings. The Balaban J connectivity index is 2.05. The highest BCUT2D eigenvalue weighted by Crippen LogP contribution is 2.31. The number of hydrogen-bond donors (Lipinski definition) is 2. The van der Waals surface area contributed by atoms with Crippen LogP contribution in [0.5, 0.6) is 11.5 Å². The molecule has 2 aromatic rings. The first-order chi connectivity index (χ1) is 12.9. The summed E-state index contributed by atoms with van der Waals surface area (Å²) in [5.41, 5.74) is 4.99. The van der Waals surface area contributed by atoms with Crippen molar-refractivity contribution >= 4 is 28.7 Å². The SMILES string of the molecule is CCOC(=O)Cc1csc(NN=Cc2cc(CN(C)C)c(O)c(OC)c2)n1. The molecular formula is C18H24N4O4S. The Labute approximate surface area is 162 Å². The monoisotopic (exact) mass is 392 g/mol. The molecule has 27 heavy (non-hydrogen) atoms. The molecule has 0 amide bonds. The number of carbonyl (C=O) groups is 1. The molecule has 0 saturated carbocycles. The number of rotatable bonds is 9. The lowest BCUT2D eigenvalue weighted by Crippen LogP contribution is -2.11. The third kappa shape index (κ3) is 6.22. The minimum absolute atomic E-state index is 0.125. The van der Waals surface area contributed by atoms with Gasteiger partial charge in [0.15, 0.2) is 11.5 Å². The van der Waals surface area contributed by atoms with E-state index in [1.807, 2.05) is 25.1 Å². The molecule has 0 unspecified atom stereocenters. The van der Waals surface area contributed by atoms with Crippen LogP contribution in [0.2, 0.25) is 0 Å². The number of esters is 1. The second-order valence-electron chi connectivity index (χ2n) is 5.96. The summed E-state index contributed by atoms with van der Waals surface area (Å²) in [7, 11) is 5.35. The summed E-state index contributed by atoms with van der Waals surface area (Å²) in [6.07, 6.45) is 1.76. The number of methoxy groups -OCH3 is 1. The number of ether oxygens (including phenoxy) is 2. The molecule has 146 valence electrons. The number of hydrazone groups is 1. The summed E-state index contributed by atoms with van der Waals surface area (Å²) < 4.78 is 10.1. The second-order valence-corrected chi connectivity index (χ2v) is 6.82. The lowest BCUT2D eigenvalue weighted by molar-refractivity contribution is -0.142. The van der Waals surface area contributed by atoms with Gasteiger partial charge in [-0.15, -0.1) is 11.3 Å². The van der Waals surface area contributed by atoms with Crippen LogP contribution in [0.25, 0.3) is 0 Å². The van der Waals surface area contributed by atoms with Gasteiger partial charge in [0.2, 0.25) is 5.13 Å². The first kappa shape index (κ1) is 20.7. The van der Waals surface area contributed by atoms with E-state index >= 15 is 0 Å². The lowest BCUT2D eigenvalue weighted by Gasteiger charge is -2.14. The van der Waals surface area contributed by atoms with Crippen molar-refractivity contribution in [1.82, 2.24) is 9.88 Å². The number of anilines is 1. The van der Waals surface area contributed by atoms with E-state index in [1.165, 1.54) is 18.4 Å². The molecule has 0 bridgehead atoms. The molecule has 0 atom stereocenters. The lowest BCUT2D eigenvalue weighted by atomic mass is 10.1. The van der Waals surface area contributed by atoms with E-state index in [4.69, 9.17) is 9.47 Å². The van der Waals surface area contributed by atoms with Crippen molar-refractivity contribution in [1.29, 1.82) is 0 Å². The molecule has 0 spiro atoms. The molecule has 1 aromatic heterocycles. The van der Waals surface area contributed by atoms with Gasteiger partial charge in [0.05, 0.1) is 32.0 Å². The maximum Gasteiger partial charge on any atom is 0.311 e. The van der Waals surface area contributed by atoms with Crippen molar-refractivity contribution < 1.29 is 19.4 Å². The number of hydrogen-bond acceptors (Lipinski definition) is 9. The fraction of sp³-hybridized carbons (Fsp3) is 0.389. The van der Waals surface area contributed by atoms with Crippen molar-refractivity contribution in [2.75, 3.05) is 33.2 Å². The Morgan fingerprint density at radius 2 is 2.22 bits per heavy atom. The highest BCUT2D eigenvalue weighted by Gasteiger charge is 2.11. The minimum atomic E-state index is -0.303. The average Bonchev–Trinajstić information content (AvgIpc) is 3.04. The third-order valence-electron chi connectivity index (χ3n) is 3.44. The number of aromatic nitrogens is 1. The maximum atomic E-state index is 11.5. The number of phenolic OH excluding ortho intramolecular Hbond substituents is 1. The molecule has 8 nitrogen and oxygen atoms in total. The van der Waals surface area contributed by atoms with Gasteiger partial charge in [-0.25, -0.2) is 4.98 Å². The van der Waals surface area contributed by atoms with Gasteiger partial charge in [-0.2, -0.15) is 5.10 Å². The molecule has 2 N–H and O–H groups in total. The zero-order valence-electron chi connectivity index (χ0n) is 15.9. The highest BCUT2D eigenvalue weighted by molar-refractivity contribution is 7.13. The molecule has 0 saturated heterocycles. The van der Waals surface area contributed by atoms with Crippen LogP contribution in [0.15, 0.2) is 22.6 Å². The van der Waals surface area contributed by atoms with Crippen LogP contribution >= 0.6 is 11.3 Å². The van der Waals surface area contributed by atoms with Crippen LogP contribution < -0.4 is 10.2 Å². The Kier molecular flexibility index (Phi) is 7.56. The van der Waals surface area contributed by atoms with E-state index in [1.54, 1.807) is 24.6 Å². The van der Waals surface area contributed by atoms with Crippen LogP contribution in [-0.2, 0) is 22.5 Å². The molecule has 0 aliphatic rings. The van der Waals surface area contributed by atoms with E-state index in [-0.39, 0.29) is 18.1 Å². The van der Waals surface area contributed by atoms with Gasteiger partial charge in [-0.1, -0.05) is 0 Å². The predicted octanol–water partition coefficient (Wildman–Crippen LogP) is 2.47. The Morgan fingerprint density at radius 1 is 1.44 bits per heavy atom. The van der Waals surface area contributed by atoms with E-state index in [0.717, 1.165) is 11.1 Å². The second kappa shape index (κ2) is 9.89. The number of thiazole rings is 1. The van der Waals surface area contributed by atoms with E-state index < -0.39 is 0 Å². The first-order valence-electron chi connectivity index (χ1n) is 8.36. The minimum Gasteiger partial charge on any atom is -0.504 e. The predicted molar refractivity (Wildman–Crippen MR) is 106 cm³/mol.